The highest BCUT2D eigenvalue weighted by Crippen LogP contribution is 2.26. The van der Waals surface area contributed by atoms with E-state index < -0.39 is 0 Å². The van der Waals surface area contributed by atoms with Crippen LogP contribution in [-0.4, -0.2) is 20.3 Å². The summed E-state index contributed by atoms with van der Waals surface area (Å²) in [5.74, 6) is 1.56. The highest BCUT2D eigenvalue weighted by molar-refractivity contribution is 5.83. The van der Waals surface area contributed by atoms with Crippen molar-refractivity contribution < 1.29 is 4.74 Å². The molecular formula is C17H12N5O. The van der Waals surface area contributed by atoms with Crippen LogP contribution >= 0.6 is 0 Å². The van der Waals surface area contributed by atoms with Crippen molar-refractivity contribution in [1.82, 2.24) is 20.3 Å². The summed E-state index contributed by atoms with van der Waals surface area (Å²) in [6.07, 6.45) is 2.56. The predicted molar refractivity (Wildman–Crippen MR) is 86.1 cm³/mol. The van der Waals surface area contributed by atoms with Crippen LogP contribution in [0.3, 0.4) is 0 Å². The second-order valence-electron chi connectivity index (χ2n) is 4.94. The van der Waals surface area contributed by atoms with Gasteiger partial charge < -0.3 is 4.74 Å². The number of fused-ring (bicyclic) bond motifs is 1. The third-order valence-electron chi connectivity index (χ3n) is 3.36. The van der Waals surface area contributed by atoms with Crippen molar-refractivity contribution in [3.05, 3.63) is 73.1 Å². The Morgan fingerprint density at radius 3 is 2.43 bits per heavy atom. The lowest BCUT2D eigenvalue weighted by molar-refractivity contribution is 0.483. The smallest absolute Gasteiger partial charge is 0.245 e. The van der Waals surface area contributed by atoms with Crippen molar-refractivity contribution >= 4 is 16.5 Å². The van der Waals surface area contributed by atoms with Gasteiger partial charge in [-0.15, -0.1) is 9.89 Å². The third-order valence-corrected chi connectivity index (χ3v) is 3.36. The Labute approximate surface area is 132 Å². The highest BCUT2D eigenvalue weighted by Gasteiger charge is 2.01. The van der Waals surface area contributed by atoms with Gasteiger partial charge in [0.15, 0.2) is 0 Å². The Morgan fingerprint density at radius 1 is 0.870 bits per heavy atom. The molecule has 0 bridgehead atoms. The number of nitrogens with zero attached hydrogens (tertiary/aromatic N) is 4. The second kappa shape index (κ2) is 5.76. The molecule has 3 aromatic carbocycles. The van der Waals surface area contributed by atoms with E-state index in [1.165, 1.54) is 10.2 Å². The summed E-state index contributed by atoms with van der Waals surface area (Å²) < 4.78 is 5.89. The number of hydrogen-bond acceptors (Lipinski definition) is 5. The third kappa shape index (κ3) is 2.96. The molecular weight excluding hydrogens is 290 g/mol. The molecule has 0 saturated heterocycles. The highest BCUT2D eigenvalue weighted by atomic mass is 16.5. The van der Waals surface area contributed by atoms with Gasteiger partial charge in [0.1, 0.15) is 11.5 Å². The van der Waals surface area contributed by atoms with E-state index in [-0.39, 0.29) is 0 Å². The van der Waals surface area contributed by atoms with Gasteiger partial charge in [0, 0.05) is 0 Å². The van der Waals surface area contributed by atoms with Crippen LogP contribution in [0.4, 0.5) is 5.69 Å². The molecule has 1 aromatic heterocycles. The fourth-order valence-electron chi connectivity index (χ4n) is 2.28. The monoisotopic (exact) mass is 302 g/mol. The summed E-state index contributed by atoms with van der Waals surface area (Å²) in [7, 11) is 0. The number of benzene rings is 3. The predicted octanol–water partition coefficient (Wildman–Crippen LogP) is 3.29. The number of ether oxygens (including phenoxy) is 1. The number of nitrogens with one attached hydrogen (secondary N) is 1. The van der Waals surface area contributed by atoms with E-state index in [0.29, 0.717) is 0 Å². The first-order valence-electron chi connectivity index (χ1n) is 7.07. The summed E-state index contributed by atoms with van der Waals surface area (Å²) >= 11 is 0. The van der Waals surface area contributed by atoms with Crippen molar-refractivity contribution in [2.75, 3.05) is 5.43 Å². The molecule has 0 atom stereocenters. The van der Waals surface area contributed by atoms with Crippen molar-refractivity contribution in [2.45, 2.75) is 0 Å². The Kier molecular flexibility index (Phi) is 3.32. The lowest BCUT2D eigenvalue weighted by Crippen LogP contribution is -2.09. The Balaban J connectivity index is 1.51. The van der Waals surface area contributed by atoms with Crippen LogP contribution in [0.15, 0.2) is 66.7 Å². The number of tetrazole rings is 1. The van der Waals surface area contributed by atoms with Gasteiger partial charge in [0.05, 0.1) is 5.69 Å². The minimum atomic E-state index is 0.756. The number of hydrogen-bond donors (Lipinski definition) is 1. The molecule has 1 heterocycles. The average molecular weight is 302 g/mol. The molecule has 0 unspecified atom stereocenters. The van der Waals surface area contributed by atoms with E-state index in [9.17, 15) is 0 Å². The maximum absolute atomic E-state index is 5.89. The molecule has 0 saturated carbocycles. The Morgan fingerprint density at radius 2 is 1.65 bits per heavy atom. The molecule has 4 aromatic rings. The molecule has 4 rings (SSSR count). The Hall–Kier alpha value is -3.41. The molecule has 23 heavy (non-hydrogen) atoms. The van der Waals surface area contributed by atoms with Crippen LogP contribution in [0, 0.1) is 6.33 Å². The molecule has 1 radical (unpaired) electrons. The van der Waals surface area contributed by atoms with E-state index in [1.807, 2.05) is 54.6 Å². The summed E-state index contributed by atoms with van der Waals surface area (Å²) in [5, 5.41) is 13.0. The van der Waals surface area contributed by atoms with E-state index in [0.717, 1.165) is 22.6 Å². The van der Waals surface area contributed by atoms with Crippen LogP contribution < -0.4 is 10.2 Å². The van der Waals surface area contributed by atoms with Gasteiger partial charge in [-0.3, -0.25) is 5.43 Å². The molecule has 0 aliphatic rings. The number of anilines is 1. The van der Waals surface area contributed by atoms with E-state index in [4.69, 9.17) is 4.74 Å². The maximum atomic E-state index is 5.89. The zero-order valence-electron chi connectivity index (χ0n) is 12.0. The number of aromatic nitrogens is 4. The van der Waals surface area contributed by atoms with Gasteiger partial charge in [-0.1, -0.05) is 30.3 Å². The standard InChI is InChI=1S/C17H12N5O/c1-2-4-14-11-17(8-5-13(14)3-1)23-16-9-6-15(7-10-16)19-22-12-18-20-21-22/h1-11,19H. The molecule has 0 spiro atoms. The first-order valence-corrected chi connectivity index (χ1v) is 7.07. The second-order valence-corrected chi connectivity index (χ2v) is 4.94. The van der Waals surface area contributed by atoms with Gasteiger partial charge >= 0.3 is 0 Å². The largest absolute Gasteiger partial charge is 0.457 e. The minimum absolute atomic E-state index is 0.756. The normalized spacial score (nSPS) is 10.6. The van der Waals surface area contributed by atoms with Crippen LogP contribution in [-0.2, 0) is 0 Å². The van der Waals surface area contributed by atoms with E-state index in [2.05, 4.69) is 39.4 Å². The van der Waals surface area contributed by atoms with Crippen LogP contribution in [0.1, 0.15) is 0 Å². The van der Waals surface area contributed by atoms with Gasteiger partial charge in [-0.05, 0) is 57.6 Å². The number of rotatable bonds is 4. The average Bonchev–Trinajstić information content (AvgIpc) is 3.10. The summed E-state index contributed by atoms with van der Waals surface area (Å²) in [6.45, 7) is 0. The molecule has 1 N–H and O–H groups in total. The zero-order chi connectivity index (χ0) is 15.5. The van der Waals surface area contributed by atoms with Crippen LogP contribution in [0.25, 0.3) is 10.8 Å². The summed E-state index contributed by atoms with van der Waals surface area (Å²) in [4.78, 5) is 1.30. The molecule has 0 amide bonds. The van der Waals surface area contributed by atoms with Gasteiger partial charge in [-0.25, -0.2) is 0 Å². The van der Waals surface area contributed by atoms with Crippen LogP contribution in [0.2, 0.25) is 0 Å². The van der Waals surface area contributed by atoms with Crippen LogP contribution in [0.5, 0.6) is 11.5 Å². The zero-order valence-corrected chi connectivity index (χ0v) is 12.0. The fourth-order valence-corrected chi connectivity index (χ4v) is 2.28. The Bertz CT molecular complexity index is 919. The maximum Gasteiger partial charge on any atom is 0.245 e. The molecule has 6 heteroatoms. The molecule has 111 valence electrons. The molecule has 0 aliphatic carbocycles. The minimum Gasteiger partial charge on any atom is -0.457 e. The van der Waals surface area contributed by atoms with Gasteiger partial charge in [0.2, 0.25) is 6.33 Å². The molecule has 0 fully saturated rings. The topological polar surface area (TPSA) is 64.9 Å². The first kappa shape index (κ1) is 13.3. The van der Waals surface area contributed by atoms with Crippen molar-refractivity contribution in [3.63, 3.8) is 0 Å². The quantitative estimate of drug-likeness (QED) is 0.626. The lowest BCUT2D eigenvalue weighted by atomic mass is 10.1. The first-order chi connectivity index (χ1) is 11.4. The molecule has 6 nitrogen and oxygen atoms in total. The summed E-state index contributed by atoms with van der Waals surface area (Å²) in [5.41, 5.74) is 3.80. The SMILES string of the molecule is [c]1nnnn1Nc1ccc(Oc2ccc3ccccc3c2)cc1. The van der Waals surface area contributed by atoms with E-state index >= 15 is 0 Å². The molecule has 0 aliphatic heterocycles. The summed E-state index contributed by atoms with van der Waals surface area (Å²) in [6, 6.07) is 21.7. The van der Waals surface area contributed by atoms with E-state index in [1.54, 1.807) is 0 Å². The van der Waals surface area contributed by atoms with Gasteiger partial charge in [0.25, 0.3) is 0 Å². The fraction of sp³-hybridized carbons (Fsp3) is 0. The van der Waals surface area contributed by atoms with Crippen molar-refractivity contribution in [1.29, 1.82) is 0 Å². The van der Waals surface area contributed by atoms with Gasteiger partial charge in [-0.2, -0.15) is 0 Å². The lowest BCUT2D eigenvalue weighted by Gasteiger charge is -2.08. The van der Waals surface area contributed by atoms with Crippen molar-refractivity contribution in [2.24, 2.45) is 0 Å². The van der Waals surface area contributed by atoms with Crippen molar-refractivity contribution in [3.8, 4) is 11.5 Å².